The molecule has 8 nitrogen and oxygen atoms in total. The Morgan fingerprint density at radius 3 is 2.53 bits per heavy atom. The van der Waals surface area contributed by atoms with Crippen LogP contribution in [0.4, 0.5) is 17.2 Å². The zero-order valence-electron chi connectivity index (χ0n) is 17.4. The Labute approximate surface area is 183 Å². The van der Waals surface area contributed by atoms with Crippen LogP contribution in [-0.2, 0) is 11.8 Å². The summed E-state index contributed by atoms with van der Waals surface area (Å²) in [5, 5.41) is 6.73. The van der Waals surface area contributed by atoms with Crippen LogP contribution in [0.1, 0.15) is 6.92 Å². The lowest BCUT2D eigenvalue weighted by Gasteiger charge is -2.11. The molecule has 0 saturated heterocycles. The summed E-state index contributed by atoms with van der Waals surface area (Å²) >= 11 is 0. The van der Waals surface area contributed by atoms with Crippen LogP contribution in [0.3, 0.4) is 0 Å². The Morgan fingerprint density at radius 1 is 1.00 bits per heavy atom. The first kappa shape index (κ1) is 20.6. The number of aryl methyl sites for hydroxylation is 1. The molecule has 0 aliphatic rings. The molecule has 158 valence electrons. The van der Waals surface area contributed by atoms with Crippen molar-refractivity contribution in [3.8, 4) is 23.3 Å². The maximum Gasteiger partial charge on any atom is 0.300 e. The van der Waals surface area contributed by atoms with Crippen LogP contribution in [-0.4, -0.2) is 20.4 Å². The van der Waals surface area contributed by atoms with E-state index in [9.17, 15) is 9.59 Å². The van der Waals surface area contributed by atoms with E-state index in [-0.39, 0.29) is 11.5 Å². The molecule has 0 bridgehead atoms. The number of carbonyl (C=O) groups excluding carboxylic acids is 1. The lowest BCUT2D eigenvalue weighted by molar-refractivity contribution is -0.111. The van der Waals surface area contributed by atoms with Crippen LogP contribution in [0.15, 0.2) is 71.9 Å². The van der Waals surface area contributed by atoms with E-state index < -0.39 is 0 Å². The number of aromatic nitrogens is 3. The molecule has 2 heterocycles. The molecule has 8 heteroatoms. The van der Waals surface area contributed by atoms with E-state index in [1.807, 2.05) is 12.1 Å². The van der Waals surface area contributed by atoms with Crippen LogP contribution in [0.2, 0.25) is 0 Å². The number of nitrogens with one attached hydrogen (secondary N) is 2. The highest BCUT2D eigenvalue weighted by atomic mass is 16.5. The SMILES string of the molecule is CC#CC(=O)Nc1ccc2ncnc(Nc3ccc(Oc4ccn(C)c(=O)c4)cc3)c2c1. The molecular formula is C24H19N5O3. The number of hydrogen-bond donors (Lipinski definition) is 2. The molecule has 0 spiro atoms. The lowest BCUT2D eigenvalue weighted by Crippen LogP contribution is -2.13. The highest BCUT2D eigenvalue weighted by Gasteiger charge is 2.07. The first-order valence-corrected chi connectivity index (χ1v) is 9.72. The highest BCUT2D eigenvalue weighted by Crippen LogP contribution is 2.27. The molecule has 0 atom stereocenters. The molecule has 0 saturated carbocycles. The normalized spacial score (nSPS) is 10.2. The van der Waals surface area contributed by atoms with Crippen LogP contribution in [0.25, 0.3) is 10.9 Å². The summed E-state index contributed by atoms with van der Waals surface area (Å²) < 4.78 is 7.22. The number of anilines is 3. The smallest absolute Gasteiger partial charge is 0.300 e. The van der Waals surface area contributed by atoms with Crippen LogP contribution in [0.5, 0.6) is 11.5 Å². The Hall–Kier alpha value is -4.64. The molecule has 1 amide bonds. The minimum atomic E-state index is -0.384. The molecule has 2 N–H and O–H groups in total. The van der Waals surface area contributed by atoms with Gasteiger partial charge in [0, 0.05) is 36.1 Å². The van der Waals surface area contributed by atoms with Gasteiger partial charge >= 0.3 is 0 Å². The first-order valence-electron chi connectivity index (χ1n) is 9.72. The van der Waals surface area contributed by atoms with Gasteiger partial charge in [0.1, 0.15) is 23.6 Å². The second-order valence-electron chi connectivity index (χ2n) is 6.85. The lowest BCUT2D eigenvalue weighted by atomic mass is 10.2. The molecule has 2 aromatic carbocycles. The van der Waals surface area contributed by atoms with E-state index in [0.717, 1.165) is 16.6 Å². The van der Waals surface area contributed by atoms with Crippen LogP contribution < -0.4 is 20.9 Å². The van der Waals surface area contributed by atoms with Gasteiger partial charge in [-0.1, -0.05) is 5.92 Å². The molecule has 0 unspecified atom stereocenters. The highest BCUT2D eigenvalue weighted by molar-refractivity contribution is 6.05. The summed E-state index contributed by atoms with van der Waals surface area (Å²) in [6.45, 7) is 1.60. The summed E-state index contributed by atoms with van der Waals surface area (Å²) in [5.41, 5.74) is 1.97. The topological polar surface area (TPSA) is 98.1 Å². The van der Waals surface area contributed by atoms with Gasteiger partial charge in [-0.25, -0.2) is 9.97 Å². The largest absolute Gasteiger partial charge is 0.457 e. The Kier molecular flexibility index (Phi) is 5.81. The van der Waals surface area contributed by atoms with Crippen molar-refractivity contribution < 1.29 is 9.53 Å². The molecule has 0 fully saturated rings. The quantitative estimate of drug-likeness (QED) is 0.472. The van der Waals surface area contributed by atoms with E-state index >= 15 is 0 Å². The number of benzene rings is 2. The van der Waals surface area contributed by atoms with Gasteiger partial charge in [-0.2, -0.15) is 0 Å². The van der Waals surface area contributed by atoms with Crippen molar-refractivity contribution >= 4 is 34.0 Å². The standard InChI is InChI=1S/C24H19N5O3/c1-3-4-22(30)27-17-7-10-21-20(13-17)24(26-15-25-21)28-16-5-8-18(9-6-16)32-19-11-12-29(2)23(31)14-19/h5-15H,1-2H3,(H,27,30)(H,25,26,28). The van der Waals surface area contributed by atoms with Gasteiger partial charge in [0.2, 0.25) is 0 Å². The third kappa shape index (κ3) is 4.74. The Morgan fingerprint density at radius 2 is 1.78 bits per heavy atom. The number of ether oxygens (including phenoxy) is 1. The number of hydrogen-bond acceptors (Lipinski definition) is 6. The minimum Gasteiger partial charge on any atom is -0.457 e. The third-order valence-electron chi connectivity index (χ3n) is 4.56. The van der Waals surface area contributed by atoms with Gasteiger partial charge in [-0.05, 0) is 61.4 Å². The number of carbonyl (C=O) groups is 1. The first-order chi connectivity index (χ1) is 15.5. The van der Waals surface area contributed by atoms with Gasteiger partial charge in [0.05, 0.1) is 5.52 Å². The number of nitrogens with zero attached hydrogens (tertiary/aromatic N) is 3. The summed E-state index contributed by atoms with van der Waals surface area (Å²) in [6, 6.07) is 15.8. The van der Waals surface area contributed by atoms with Gasteiger partial charge < -0.3 is 19.9 Å². The molecule has 0 radical (unpaired) electrons. The fraction of sp³-hybridized carbons (Fsp3) is 0.0833. The molecular weight excluding hydrogens is 406 g/mol. The van der Waals surface area contributed by atoms with Gasteiger partial charge in [0.15, 0.2) is 0 Å². The van der Waals surface area contributed by atoms with Gasteiger partial charge in [0.25, 0.3) is 11.5 Å². The molecule has 4 rings (SSSR count). The number of pyridine rings is 1. The van der Waals surface area contributed by atoms with E-state index in [1.165, 1.54) is 17.0 Å². The predicted octanol–water partition coefficient (Wildman–Crippen LogP) is 3.83. The zero-order chi connectivity index (χ0) is 22.5. The van der Waals surface area contributed by atoms with Crippen LogP contribution >= 0.6 is 0 Å². The molecule has 0 aliphatic carbocycles. The predicted molar refractivity (Wildman–Crippen MR) is 123 cm³/mol. The molecule has 4 aromatic rings. The Balaban J connectivity index is 1.54. The summed E-state index contributed by atoms with van der Waals surface area (Å²) in [7, 11) is 1.68. The second kappa shape index (κ2) is 9.02. The fourth-order valence-corrected chi connectivity index (χ4v) is 2.98. The summed E-state index contributed by atoms with van der Waals surface area (Å²) in [6.07, 6.45) is 3.12. The molecule has 2 aromatic heterocycles. The number of fused-ring (bicyclic) bond motifs is 1. The molecule has 0 aliphatic heterocycles. The third-order valence-corrected chi connectivity index (χ3v) is 4.56. The zero-order valence-corrected chi connectivity index (χ0v) is 17.4. The summed E-state index contributed by atoms with van der Waals surface area (Å²) in [4.78, 5) is 32.1. The maximum absolute atomic E-state index is 11.8. The van der Waals surface area contributed by atoms with Gasteiger partial charge in [-0.15, -0.1) is 0 Å². The monoisotopic (exact) mass is 425 g/mol. The number of amides is 1. The maximum atomic E-state index is 11.8. The number of rotatable bonds is 5. The van der Waals surface area contributed by atoms with Crippen LogP contribution in [0, 0.1) is 11.8 Å². The van der Waals surface area contributed by atoms with Crippen molar-refractivity contribution in [3.63, 3.8) is 0 Å². The summed E-state index contributed by atoms with van der Waals surface area (Å²) in [5.74, 6) is 6.29. The van der Waals surface area contributed by atoms with Gasteiger partial charge in [-0.3, -0.25) is 9.59 Å². The van der Waals surface area contributed by atoms with E-state index in [1.54, 1.807) is 56.6 Å². The average Bonchev–Trinajstić information content (AvgIpc) is 2.78. The van der Waals surface area contributed by atoms with Crippen molar-refractivity contribution in [2.24, 2.45) is 7.05 Å². The van der Waals surface area contributed by atoms with Crippen molar-refractivity contribution in [1.29, 1.82) is 0 Å². The van der Waals surface area contributed by atoms with Crippen molar-refractivity contribution in [3.05, 3.63) is 77.5 Å². The average molecular weight is 425 g/mol. The second-order valence-corrected chi connectivity index (χ2v) is 6.85. The fourth-order valence-electron chi connectivity index (χ4n) is 2.98. The van der Waals surface area contributed by atoms with Crippen molar-refractivity contribution in [1.82, 2.24) is 14.5 Å². The van der Waals surface area contributed by atoms with E-state index in [2.05, 4.69) is 32.4 Å². The van der Waals surface area contributed by atoms with E-state index in [0.29, 0.717) is 23.0 Å². The molecule has 32 heavy (non-hydrogen) atoms. The Bertz CT molecular complexity index is 1420. The van der Waals surface area contributed by atoms with Crippen molar-refractivity contribution in [2.75, 3.05) is 10.6 Å². The minimum absolute atomic E-state index is 0.145. The van der Waals surface area contributed by atoms with E-state index in [4.69, 9.17) is 4.74 Å². The van der Waals surface area contributed by atoms with Crippen molar-refractivity contribution in [2.45, 2.75) is 6.92 Å².